The summed E-state index contributed by atoms with van der Waals surface area (Å²) in [6, 6.07) is 2.80. The molecule has 1 unspecified atom stereocenters. The Morgan fingerprint density at radius 1 is 1.45 bits per heavy atom. The summed E-state index contributed by atoms with van der Waals surface area (Å²) < 4.78 is 32.5. The molecule has 0 saturated carbocycles. The number of nitrogens with one attached hydrogen (secondary N) is 1. The van der Waals surface area contributed by atoms with Gasteiger partial charge in [0.25, 0.3) is 0 Å². The van der Waals surface area contributed by atoms with Crippen LogP contribution in [0, 0.1) is 6.92 Å². The summed E-state index contributed by atoms with van der Waals surface area (Å²) >= 11 is 5.95. The van der Waals surface area contributed by atoms with Crippen LogP contribution in [-0.2, 0) is 21.3 Å². The fourth-order valence-electron chi connectivity index (χ4n) is 1.86. The lowest BCUT2D eigenvalue weighted by Crippen LogP contribution is -2.36. The highest BCUT2D eigenvalue weighted by molar-refractivity contribution is 7.89. The number of ether oxygens (including phenoxy) is 1. The number of hydrogen-bond acceptors (Lipinski definition) is 4. The van der Waals surface area contributed by atoms with Crippen LogP contribution in [0.15, 0.2) is 17.0 Å². The SMILES string of the molecule is CCOCC(C)NS(=O)(=O)c1cc(Cl)cc(CN)c1C. The van der Waals surface area contributed by atoms with Crippen molar-refractivity contribution in [1.82, 2.24) is 4.72 Å². The van der Waals surface area contributed by atoms with Crippen molar-refractivity contribution in [3.63, 3.8) is 0 Å². The Labute approximate surface area is 125 Å². The third-order valence-electron chi connectivity index (χ3n) is 2.87. The minimum Gasteiger partial charge on any atom is -0.380 e. The molecule has 1 aromatic rings. The first-order valence-corrected chi connectivity index (χ1v) is 8.27. The van der Waals surface area contributed by atoms with E-state index in [1.54, 1.807) is 19.9 Å². The molecule has 7 heteroatoms. The van der Waals surface area contributed by atoms with Gasteiger partial charge in [0.15, 0.2) is 0 Å². The molecular weight excluding hydrogens is 300 g/mol. The maximum absolute atomic E-state index is 12.4. The molecule has 0 spiro atoms. The lowest BCUT2D eigenvalue weighted by Gasteiger charge is -2.17. The van der Waals surface area contributed by atoms with Crippen molar-refractivity contribution in [3.8, 4) is 0 Å². The van der Waals surface area contributed by atoms with Crippen molar-refractivity contribution in [2.24, 2.45) is 5.73 Å². The Bertz CT molecular complexity index is 561. The maximum atomic E-state index is 12.4. The summed E-state index contributed by atoms with van der Waals surface area (Å²) in [4.78, 5) is 0.161. The highest BCUT2D eigenvalue weighted by Gasteiger charge is 2.21. The minimum atomic E-state index is -3.65. The van der Waals surface area contributed by atoms with Crippen LogP contribution in [-0.4, -0.2) is 27.7 Å². The van der Waals surface area contributed by atoms with E-state index >= 15 is 0 Å². The molecular formula is C13H21ClN2O3S. The molecule has 114 valence electrons. The Kier molecular flexibility index (Phi) is 6.42. The molecule has 0 aliphatic rings. The molecule has 0 fully saturated rings. The first kappa shape index (κ1) is 17.4. The average molecular weight is 321 g/mol. The molecule has 0 aromatic heterocycles. The number of sulfonamides is 1. The zero-order valence-electron chi connectivity index (χ0n) is 11.9. The summed E-state index contributed by atoms with van der Waals surface area (Å²) in [6.07, 6.45) is 0. The predicted molar refractivity (Wildman–Crippen MR) is 80.4 cm³/mol. The molecule has 20 heavy (non-hydrogen) atoms. The summed E-state index contributed by atoms with van der Waals surface area (Å²) in [7, 11) is -3.65. The van der Waals surface area contributed by atoms with Crippen LogP contribution in [0.4, 0.5) is 0 Å². The van der Waals surface area contributed by atoms with Crippen molar-refractivity contribution in [1.29, 1.82) is 0 Å². The van der Waals surface area contributed by atoms with Crippen LogP contribution in [0.5, 0.6) is 0 Å². The average Bonchev–Trinajstić information content (AvgIpc) is 2.37. The summed E-state index contributed by atoms with van der Waals surface area (Å²) in [6.45, 7) is 6.43. The summed E-state index contributed by atoms with van der Waals surface area (Å²) in [5, 5.41) is 0.355. The van der Waals surface area contributed by atoms with Gasteiger partial charge >= 0.3 is 0 Å². The van der Waals surface area contributed by atoms with E-state index in [0.717, 1.165) is 5.56 Å². The van der Waals surface area contributed by atoms with Crippen LogP contribution in [0.1, 0.15) is 25.0 Å². The second-order valence-corrected chi connectivity index (χ2v) is 6.69. The molecule has 3 N–H and O–H groups in total. The second-order valence-electron chi connectivity index (χ2n) is 4.57. The number of benzene rings is 1. The number of rotatable bonds is 7. The fourth-order valence-corrected chi connectivity index (χ4v) is 3.70. The van der Waals surface area contributed by atoms with Gasteiger partial charge in [-0.1, -0.05) is 11.6 Å². The molecule has 0 radical (unpaired) electrons. The molecule has 1 aromatic carbocycles. The van der Waals surface area contributed by atoms with E-state index in [1.165, 1.54) is 6.07 Å². The maximum Gasteiger partial charge on any atom is 0.241 e. The lowest BCUT2D eigenvalue weighted by molar-refractivity contribution is 0.133. The van der Waals surface area contributed by atoms with E-state index in [4.69, 9.17) is 22.1 Å². The van der Waals surface area contributed by atoms with Gasteiger partial charge in [0.05, 0.1) is 11.5 Å². The van der Waals surface area contributed by atoms with Crippen LogP contribution >= 0.6 is 11.6 Å². The van der Waals surface area contributed by atoms with E-state index in [0.29, 0.717) is 23.8 Å². The van der Waals surface area contributed by atoms with Crippen LogP contribution in [0.25, 0.3) is 0 Å². The van der Waals surface area contributed by atoms with E-state index in [9.17, 15) is 8.42 Å². The number of halogens is 1. The molecule has 0 amide bonds. The predicted octanol–water partition coefficient (Wildman–Crippen LogP) is 1.81. The van der Waals surface area contributed by atoms with Gasteiger partial charge in [0, 0.05) is 24.2 Å². The van der Waals surface area contributed by atoms with E-state index in [2.05, 4.69) is 4.72 Å². The van der Waals surface area contributed by atoms with E-state index in [1.807, 2.05) is 6.92 Å². The van der Waals surface area contributed by atoms with Gasteiger partial charge in [-0.3, -0.25) is 0 Å². The van der Waals surface area contributed by atoms with Crippen molar-refractivity contribution >= 4 is 21.6 Å². The first-order valence-electron chi connectivity index (χ1n) is 6.41. The molecule has 0 heterocycles. The Balaban J connectivity index is 3.06. The van der Waals surface area contributed by atoms with Gasteiger partial charge < -0.3 is 10.5 Å². The summed E-state index contributed by atoms with van der Waals surface area (Å²) in [5.74, 6) is 0. The quantitative estimate of drug-likeness (QED) is 0.803. The molecule has 0 aliphatic carbocycles. The molecule has 0 aliphatic heterocycles. The largest absolute Gasteiger partial charge is 0.380 e. The highest BCUT2D eigenvalue weighted by atomic mass is 35.5. The molecule has 0 bridgehead atoms. The molecule has 0 saturated heterocycles. The van der Waals surface area contributed by atoms with Gasteiger partial charge in [-0.2, -0.15) is 0 Å². The monoisotopic (exact) mass is 320 g/mol. The third kappa shape index (κ3) is 4.43. The topological polar surface area (TPSA) is 81.4 Å². The van der Waals surface area contributed by atoms with Gasteiger partial charge in [0.1, 0.15) is 0 Å². The van der Waals surface area contributed by atoms with Gasteiger partial charge in [-0.15, -0.1) is 0 Å². The lowest BCUT2D eigenvalue weighted by atomic mass is 10.1. The Morgan fingerprint density at radius 3 is 2.65 bits per heavy atom. The standard InChI is InChI=1S/C13H21ClN2O3S/c1-4-19-8-9(2)16-20(17,18)13-6-12(14)5-11(7-15)10(13)3/h5-6,9,16H,4,7-8,15H2,1-3H3. The second kappa shape index (κ2) is 7.38. The fraction of sp³-hybridized carbons (Fsp3) is 0.538. The highest BCUT2D eigenvalue weighted by Crippen LogP contribution is 2.24. The normalized spacial score (nSPS) is 13.4. The first-order chi connectivity index (χ1) is 9.31. The van der Waals surface area contributed by atoms with Crippen LogP contribution < -0.4 is 10.5 Å². The Hall–Kier alpha value is -0.660. The van der Waals surface area contributed by atoms with E-state index in [-0.39, 0.29) is 17.5 Å². The molecule has 5 nitrogen and oxygen atoms in total. The van der Waals surface area contributed by atoms with Crippen molar-refractivity contribution in [3.05, 3.63) is 28.3 Å². The van der Waals surface area contributed by atoms with Crippen molar-refractivity contribution in [2.45, 2.75) is 38.3 Å². The zero-order chi connectivity index (χ0) is 15.3. The van der Waals surface area contributed by atoms with Crippen LogP contribution in [0.2, 0.25) is 5.02 Å². The van der Waals surface area contributed by atoms with Crippen LogP contribution in [0.3, 0.4) is 0 Å². The summed E-state index contributed by atoms with van der Waals surface area (Å²) in [5.41, 5.74) is 6.94. The molecule has 1 rings (SSSR count). The van der Waals surface area contributed by atoms with Gasteiger partial charge in [-0.25, -0.2) is 13.1 Å². The van der Waals surface area contributed by atoms with Crippen molar-refractivity contribution < 1.29 is 13.2 Å². The number of nitrogens with two attached hydrogens (primary N) is 1. The Morgan fingerprint density at radius 2 is 2.10 bits per heavy atom. The smallest absolute Gasteiger partial charge is 0.241 e. The minimum absolute atomic E-state index is 0.161. The number of hydrogen-bond donors (Lipinski definition) is 2. The van der Waals surface area contributed by atoms with E-state index < -0.39 is 10.0 Å². The van der Waals surface area contributed by atoms with Gasteiger partial charge in [0.2, 0.25) is 10.0 Å². The zero-order valence-corrected chi connectivity index (χ0v) is 13.5. The van der Waals surface area contributed by atoms with Gasteiger partial charge in [-0.05, 0) is 44.0 Å². The molecule has 1 atom stereocenters. The third-order valence-corrected chi connectivity index (χ3v) is 4.80. The van der Waals surface area contributed by atoms with Crippen molar-refractivity contribution in [2.75, 3.05) is 13.2 Å².